The molecule has 0 radical (unpaired) electrons. The zero-order valence-electron chi connectivity index (χ0n) is 66.3. The van der Waals surface area contributed by atoms with E-state index in [1.807, 2.05) is 144 Å². The summed E-state index contributed by atoms with van der Waals surface area (Å²) in [6.45, 7) is 12.8. The number of nitrogens with zero attached hydrogens (tertiary/aromatic N) is 8. The minimum atomic E-state index is -1.40. The van der Waals surface area contributed by atoms with E-state index in [0.29, 0.717) is 67.5 Å². The van der Waals surface area contributed by atoms with Crippen molar-refractivity contribution in [3.63, 3.8) is 0 Å². The monoisotopic (exact) mass is 1560 g/mol. The zero-order chi connectivity index (χ0) is 80.3. The Morgan fingerprint density at radius 2 is 0.905 bits per heavy atom. The number of ether oxygens (including phenoxy) is 2. The van der Waals surface area contributed by atoms with Crippen LogP contribution >= 0.6 is 0 Å². The van der Waals surface area contributed by atoms with E-state index in [1.165, 1.54) is 14.2 Å². The number of imidazole rings is 4. The molecule has 2 aliphatic heterocycles. The number of fused-ring (bicyclic) bond motifs is 10. The largest absolute Gasteiger partial charge is 0.453 e. The summed E-state index contributed by atoms with van der Waals surface area (Å²) < 4.78 is 9.93. The second kappa shape index (κ2) is 29.9. The fraction of sp³-hybridized carbons (Fsp3) is 0.422. The maximum atomic E-state index is 15.4. The average Bonchev–Trinajstić information content (AvgIpc) is 1.58. The van der Waals surface area contributed by atoms with Gasteiger partial charge in [-0.05, 0) is 227 Å². The highest BCUT2D eigenvalue weighted by atomic mass is 16.5. The molecule has 16 atom stereocenters. The number of aromatic nitrogens is 10. The molecule has 18 rings (SSSR count). The SMILES string of the molecule is COC(=O)N[C@H](C(=O)N1CCC[C@H]1c1ncc(-c2ccc3c(c2)[C@](C)(O)c2cc(-c4cnc([C@@H]5C6CC(C7C[C@@H](c8ncc(-c9ccc%10c(c9)[C@@](C)(O)c9cc(-c%11cnc([C@@H]%12C%13CCC(C%13)C%12C(=O)NCc%12cccnc%12)[nH]%11)ccc9-%10)[nH]8)N(C(=O)[C@@H](NC(=O)OC)C(C)C)C7)C(C6)C5C(=O)NCc5cccnc5)[nH]4)ccc2-3)[nH]1)C(C)C. The van der Waals surface area contributed by atoms with Crippen LogP contribution in [0.15, 0.2) is 147 Å². The van der Waals surface area contributed by atoms with Crippen molar-refractivity contribution >= 4 is 35.8 Å². The minimum absolute atomic E-state index is 0.0132. The maximum absolute atomic E-state index is 15.4. The third-order valence-corrected chi connectivity index (χ3v) is 27.1. The number of hydrogen-bond acceptors (Lipinski definition) is 16. The molecular formula is C90H98N16O10. The minimum Gasteiger partial charge on any atom is -0.453 e. The number of carbonyl (C=O) groups is 6. The van der Waals surface area contributed by atoms with Gasteiger partial charge in [-0.2, -0.15) is 0 Å². The van der Waals surface area contributed by atoms with Crippen LogP contribution in [-0.2, 0) is 52.9 Å². The van der Waals surface area contributed by atoms with Crippen molar-refractivity contribution in [2.45, 2.75) is 153 Å². The second-order valence-corrected chi connectivity index (χ2v) is 34.5. The standard InChI is InChI=1S/C90H98N16O10/c1-45(2)77(103-87(111)115-7)85(109)105-27-11-14-71(105)79-93-40-67(99-79)49-17-21-57-60-24-20-52(34-66(60)89(5,113)63(57)31-49)70-43-96-82(102-70)74-55-29-61(62(30-55)76(74)84(108)98-39-48-13-10-26-92-37-48)56-35-72(106(44-56)86(110)78(46(3)4)104-88(112)116-8)80-94-41-68(100-80)50-18-22-58-59-23-19-51(33-65(59)90(6,114)64(58)32-50)69-42-95-81(101-69)73-53-15-16-54(28-53)75(73)83(107)97-38-47-12-9-25-91-36-47/h9-10,12-13,17-26,31-34,36-37,40-43,45-46,53-56,61-62,71-78,113-114H,11,14-16,27-30,35,38-39,44H2,1-8H3,(H,93,99)(H,94,100)(H,95,101)(H,96,102)(H,97,107)(H,98,108)(H,103,111)(H,104,112)/t53?,54?,55?,56?,61?,62?,71-,72-,73+,74+,75?,76?,77-,78-,89-,90+/m0/s1. The first kappa shape index (κ1) is 75.7. The summed E-state index contributed by atoms with van der Waals surface area (Å²) in [5.41, 5.74) is 11.9. The quantitative estimate of drug-likeness (QED) is 0.0319. The van der Waals surface area contributed by atoms with E-state index in [1.54, 1.807) is 42.1 Å². The topological polar surface area (TPSA) is 356 Å². The summed E-state index contributed by atoms with van der Waals surface area (Å²) in [4.78, 5) is 131. The Morgan fingerprint density at radius 1 is 0.483 bits per heavy atom. The van der Waals surface area contributed by atoms with Crippen LogP contribution in [-0.4, -0.2) is 145 Å². The van der Waals surface area contributed by atoms with Gasteiger partial charge in [0.25, 0.3) is 0 Å². The second-order valence-electron chi connectivity index (χ2n) is 34.5. The average molecular weight is 1560 g/mol. The Balaban J connectivity index is 0.590. The van der Waals surface area contributed by atoms with Gasteiger partial charge in [-0.3, -0.25) is 29.1 Å². The van der Waals surface area contributed by atoms with E-state index >= 15 is 9.59 Å². The Labute approximate surface area is 672 Å². The van der Waals surface area contributed by atoms with Crippen LogP contribution in [0.25, 0.3) is 67.3 Å². The fourth-order valence-electron chi connectivity index (χ4n) is 21.4. The van der Waals surface area contributed by atoms with Gasteiger partial charge in [0.15, 0.2) is 0 Å². The lowest BCUT2D eigenvalue weighted by atomic mass is 9.68. The lowest BCUT2D eigenvalue weighted by molar-refractivity contribution is -0.136. The molecule has 116 heavy (non-hydrogen) atoms. The number of alkyl carbamates (subject to hydrolysis) is 2. The van der Waals surface area contributed by atoms with E-state index < -0.39 is 47.4 Å². The molecule has 598 valence electrons. The molecule has 6 fully saturated rings. The number of pyridine rings is 2. The van der Waals surface area contributed by atoms with Crippen molar-refractivity contribution in [2.75, 3.05) is 27.3 Å². The van der Waals surface area contributed by atoms with Crippen LogP contribution in [0.2, 0.25) is 0 Å². The highest BCUT2D eigenvalue weighted by molar-refractivity contribution is 5.90. The molecule has 4 bridgehead atoms. The van der Waals surface area contributed by atoms with E-state index in [0.717, 1.165) is 139 Å². The molecule has 6 amide bonds. The van der Waals surface area contributed by atoms with Gasteiger partial charge in [-0.15, -0.1) is 0 Å². The molecule has 4 saturated carbocycles. The molecule has 10 N–H and O–H groups in total. The van der Waals surface area contributed by atoms with Crippen LogP contribution in [0.3, 0.4) is 0 Å². The van der Waals surface area contributed by atoms with E-state index in [9.17, 15) is 29.4 Å². The zero-order valence-corrected chi connectivity index (χ0v) is 66.3. The molecule has 8 aliphatic rings. The molecule has 2 saturated heterocycles. The Morgan fingerprint density at radius 3 is 1.36 bits per heavy atom. The van der Waals surface area contributed by atoms with Crippen molar-refractivity contribution < 1.29 is 48.5 Å². The Kier molecular flexibility index (Phi) is 19.5. The lowest BCUT2D eigenvalue weighted by Gasteiger charge is -2.37. The van der Waals surface area contributed by atoms with E-state index in [4.69, 9.17) is 29.4 Å². The molecule has 8 heterocycles. The first-order valence-corrected chi connectivity index (χ1v) is 40.9. The van der Waals surface area contributed by atoms with Crippen molar-refractivity contribution in [1.82, 2.24) is 80.9 Å². The third-order valence-electron chi connectivity index (χ3n) is 27.1. The fourth-order valence-corrected chi connectivity index (χ4v) is 21.4. The van der Waals surface area contributed by atoms with E-state index in [2.05, 4.69) is 63.3 Å². The van der Waals surface area contributed by atoms with Crippen molar-refractivity contribution in [3.8, 4) is 67.3 Å². The molecule has 26 heteroatoms. The van der Waals surface area contributed by atoms with Gasteiger partial charge in [-0.1, -0.05) is 88.4 Å². The van der Waals surface area contributed by atoms with Gasteiger partial charge in [0.05, 0.1) is 85.7 Å². The van der Waals surface area contributed by atoms with Gasteiger partial charge in [0.1, 0.15) is 46.6 Å². The number of methoxy groups -OCH3 is 2. The molecule has 4 aromatic carbocycles. The summed E-state index contributed by atoms with van der Waals surface area (Å²) in [7, 11) is 2.56. The highest BCUT2D eigenvalue weighted by Crippen LogP contribution is 2.63. The first-order valence-electron chi connectivity index (χ1n) is 40.9. The Hall–Kier alpha value is -11.6. The smallest absolute Gasteiger partial charge is 0.407 e. The summed E-state index contributed by atoms with van der Waals surface area (Å²) in [5, 5.41) is 37.5. The van der Waals surface area contributed by atoms with Crippen molar-refractivity contribution in [2.24, 2.45) is 59.2 Å². The van der Waals surface area contributed by atoms with E-state index in [-0.39, 0.29) is 89.5 Å². The van der Waals surface area contributed by atoms with Gasteiger partial charge in [0.2, 0.25) is 23.6 Å². The Bertz CT molecular complexity index is 5470. The van der Waals surface area contributed by atoms with Crippen LogP contribution in [0.1, 0.15) is 174 Å². The number of nitrogens with one attached hydrogen (secondary N) is 8. The molecule has 6 aromatic heterocycles. The maximum Gasteiger partial charge on any atom is 0.407 e. The van der Waals surface area contributed by atoms with Crippen LogP contribution in [0.5, 0.6) is 0 Å². The van der Waals surface area contributed by atoms with Gasteiger partial charge < -0.3 is 70.7 Å². The molecule has 0 spiro atoms. The molecular weight excluding hydrogens is 1470 g/mol. The van der Waals surface area contributed by atoms with Crippen LogP contribution in [0.4, 0.5) is 9.59 Å². The first-order chi connectivity index (χ1) is 56.0. The number of carbonyl (C=O) groups excluding carboxylic acids is 6. The lowest BCUT2D eigenvalue weighted by Crippen LogP contribution is -2.51. The highest BCUT2D eigenvalue weighted by Gasteiger charge is 2.60. The molecule has 10 aromatic rings. The van der Waals surface area contributed by atoms with Gasteiger partial charge in [0, 0.05) is 62.8 Å². The number of hydrogen-bond donors (Lipinski definition) is 10. The summed E-state index contributed by atoms with van der Waals surface area (Å²) in [6, 6.07) is 29.5. The molecule has 8 unspecified atom stereocenters. The molecule has 6 aliphatic carbocycles. The number of rotatable bonds is 21. The number of aromatic amines is 4. The number of likely N-dealkylation sites (tertiary alicyclic amines) is 2. The summed E-state index contributed by atoms with van der Waals surface area (Å²) >= 11 is 0. The normalized spacial score (nSPS) is 26.2. The summed E-state index contributed by atoms with van der Waals surface area (Å²) in [5.74, 6) is 1.34. The molecule has 26 nitrogen and oxygen atoms in total. The number of aliphatic hydroxyl groups is 2. The van der Waals surface area contributed by atoms with Gasteiger partial charge in [-0.25, -0.2) is 29.5 Å². The number of amides is 6. The predicted octanol–water partition coefficient (Wildman–Crippen LogP) is 12.6. The van der Waals surface area contributed by atoms with Crippen molar-refractivity contribution in [3.05, 3.63) is 203 Å². The number of benzene rings is 4. The predicted molar refractivity (Wildman–Crippen MR) is 431 cm³/mol. The third kappa shape index (κ3) is 13.3. The van der Waals surface area contributed by atoms with Crippen molar-refractivity contribution in [1.29, 1.82) is 0 Å². The number of H-pyrrole nitrogens is 4. The van der Waals surface area contributed by atoms with Crippen LogP contribution in [0, 0.1) is 59.2 Å². The van der Waals surface area contributed by atoms with Crippen LogP contribution < -0.4 is 21.3 Å². The summed E-state index contributed by atoms with van der Waals surface area (Å²) in [6.07, 6.45) is 19.5. The van der Waals surface area contributed by atoms with Gasteiger partial charge >= 0.3 is 12.2 Å².